The minimum atomic E-state index is -0.0762. The van der Waals surface area contributed by atoms with Crippen molar-refractivity contribution < 1.29 is 5.11 Å². The van der Waals surface area contributed by atoms with Crippen molar-refractivity contribution in [3.8, 4) is 0 Å². The van der Waals surface area contributed by atoms with E-state index >= 15 is 0 Å². The van der Waals surface area contributed by atoms with Crippen molar-refractivity contribution in [2.45, 2.75) is 126 Å². The van der Waals surface area contributed by atoms with Crippen LogP contribution in [-0.2, 0) is 0 Å². The zero-order valence-electron chi connectivity index (χ0n) is 22.1. The molecule has 0 aromatic carbocycles. The summed E-state index contributed by atoms with van der Waals surface area (Å²) in [6.45, 7) is 20.9. The van der Waals surface area contributed by atoms with Crippen LogP contribution in [0.2, 0.25) is 0 Å². The van der Waals surface area contributed by atoms with E-state index in [1.54, 1.807) is 0 Å². The van der Waals surface area contributed by atoms with Gasteiger partial charge in [0, 0.05) is 0 Å². The van der Waals surface area contributed by atoms with Crippen molar-refractivity contribution in [3.05, 3.63) is 0 Å². The Bertz CT molecular complexity index is 728. The van der Waals surface area contributed by atoms with Crippen LogP contribution >= 0.6 is 0 Å². The maximum Gasteiger partial charge on any atom is 0.0571 e. The Morgan fingerprint density at radius 2 is 1.16 bits per heavy atom. The summed E-state index contributed by atoms with van der Waals surface area (Å²) in [5.41, 5.74) is 2.40. The summed E-state index contributed by atoms with van der Waals surface area (Å²) in [6, 6.07) is 0. The lowest BCUT2D eigenvalue weighted by atomic mass is 9.31. The fourth-order valence-electron chi connectivity index (χ4n) is 12.1. The second-order valence-corrected chi connectivity index (χ2v) is 14.9. The topological polar surface area (TPSA) is 20.2 Å². The van der Waals surface area contributed by atoms with Crippen molar-refractivity contribution in [2.75, 3.05) is 0 Å². The van der Waals surface area contributed by atoms with E-state index in [-0.39, 0.29) is 6.10 Å². The Morgan fingerprint density at radius 3 is 1.77 bits per heavy atom. The smallest absolute Gasteiger partial charge is 0.0571 e. The van der Waals surface area contributed by atoms with Crippen LogP contribution in [-0.4, -0.2) is 11.2 Å². The lowest BCUT2D eigenvalue weighted by Gasteiger charge is -2.73. The van der Waals surface area contributed by atoms with Crippen LogP contribution in [0.3, 0.4) is 0 Å². The Kier molecular flexibility index (Phi) is 4.96. The van der Waals surface area contributed by atoms with Crippen LogP contribution in [0.1, 0.15) is 120 Å². The Hall–Kier alpha value is -0.0400. The Morgan fingerprint density at radius 1 is 0.613 bits per heavy atom. The van der Waals surface area contributed by atoms with Crippen LogP contribution in [0, 0.1) is 62.6 Å². The van der Waals surface area contributed by atoms with Crippen molar-refractivity contribution in [3.63, 3.8) is 0 Å². The first-order valence-corrected chi connectivity index (χ1v) is 14.0. The fourth-order valence-corrected chi connectivity index (χ4v) is 12.1. The normalized spacial score (nSPS) is 61.4. The molecular formula is C30H52O. The third kappa shape index (κ3) is 2.60. The van der Waals surface area contributed by atoms with E-state index in [4.69, 9.17) is 0 Å². The van der Waals surface area contributed by atoms with E-state index in [9.17, 15) is 5.11 Å². The number of rotatable bonds is 1. The molecule has 0 aliphatic heterocycles. The Labute approximate surface area is 193 Å². The maximum absolute atomic E-state index is 10.7. The fraction of sp³-hybridized carbons (Fsp3) is 1.00. The van der Waals surface area contributed by atoms with Gasteiger partial charge in [-0.3, -0.25) is 0 Å². The molecule has 5 saturated carbocycles. The average molecular weight is 429 g/mol. The molecule has 5 aliphatic rings. The summed E-state index contributed by atoms with van der Waals surface area (Å²) in [7, 11) is 0. The molecule has 5 rings (SSSR count). The van der Waals surface area contributed by atoms with Crippen LogP contribution in [0.15, 0.2) is 0 Å². The van der Waals surface area contributed by atoms with Gasteiger partial charge < -0.3 is 5.11 Å². The van der Waals surface area contributed by atoms with Crippen molar-refractivity contribution in [1.82, 2.24) is 0 Å². The van der Waals surface area contributed by atoms with E-state index < -0.39 is 0 Å². The average Bonchev–Trinajstić information content (AvgIpc) is 3.06. The highest BCUT2D eigenvalue weighted by Crippen LogP contribution is 2.79. The second-order valence-electron chi connectivity index (χ2n) is 14.9. The predicted octanol–water partition coefficient (Wildman–Crippen LogP) is 8.10. The molecule has 0 radical (unpaired) electrons. The lowest BCUT2D eigenvalue weighted by molar-refractivity contribution is -0.253. The van der Waals surface area contributed by atoms with Gasteiger partial charge >= 0.3 is 0 Å². The molecule has 0 heterocycles. The van der Waals surface area contributed by atoms with Gasteiger partial charge in [-0.05, 0) is 127 Å². The van der Waals surface area contributed by atoms with E-state index in [0.717, 1.165) is 36.0 Å². The van der Waals surface area contributed by atoms with Crippen molar-refractivity contribution in [1.29, 1.82) is 0 Å². The second kappa shape index (κ2) is 6.76. The standard InChI is InChI=1S/C30H52O/c1-19(2)21-9-11-24-27(21,5)15-17-30(8)25-13-14-26(4)20(3)22(31)10-12-23(26)28(25,6)16-18-29(24,30)7/h19-25,31H,9-18H2,1-8H3/t20?,21-,22-,23-,24-,25+,26-,27-,28+,29+,30-/m1/s1. The van der Waals surface area contributed by atoms with Gasteiger partial charge in [0.1, 0.15) is 0 Å². The largest absolute Gasteiger partial charge is 0.393 e. The van der Waals surface area contributed by atoms with E-state index in [2.05, 4.69) is 55.4 Å². The molecule has 0 aromatic rings. The van der Waals surface area contributed by atoms with Crippen LogP contribution in [0.5, 0.6) is 0 Å². The third-order valence-electron chi connectivity index (χ3n) is 14.2. The van der Waals surface area contributed by atoms with Gasteiger partial charge in [-0.25, -0.2) is 0 Å². The van der Waals surface area contributed by atoms with E-state index in [1.807, 2.05) is 0 Å². The summed E-state index contributed by atoms with van der Waals surface area (Å²) in [5, 5.41) is 10.7. The zero-order valence-corrected chi connectivity index (χ0v) is 22.1. The van der Waals surface area contributed by atoms with E-state index in [0.29, 0.717) is 33.0 Å². The highest BCUT2D eigenvalue weighted by molar-refractivity contribution is 5.20. The van der Waals surface area contributed by atoms with Gasteiger partial charge in [0.25, 0.3) is 0 Å². The Balaban J connectivity index is 1.52. The quantitative estimate of drug-likeness (QED) is 0.447. The first-order chi connectivity index (χ1) is 14.3. The molecular weight excluding hydrogens is 376 g/mol. The molecule has 0 saturated heterocycles. The summed E-state index contributed by atoms with van der Waals surface area (Å²) in [5.74, 6) is 4.84. The molecule has 178 valence electrons. The molecule has 1 heteroatoms. The zero-order chi connectivity index (χ0) is 22.6. The molecule has 1 nitrogen and oxygen atoms in total. The lowest BCUT2D eigenvalue weighted by Crippen LogP contribution is -2.67. The number of fused-ring (bicyclic) bond motifs is 7. The van der Waals surface area contributed by atoms with Crippen molar-refractivity contribution >= 4 is 0 Å². The molecule has 0 spiro atoms. The molecule has 5 aliphatic carbocycles. The maximum atomic E-state index is 10.7. The molecule has 5 fully saturated rings. The van der Waals surface area contributed by atoms with Gasteiger partial charge in [0.15, 0.2) is 0 Å². The number of hydrogen-bond acceptors (Lipinski definition) is 1. The molecule has 31 heavy (non-hydrogen) atoms. The highest BCUT2D eigenvalue weighted by Gasteiger charge is 2.71. The molecule has 0 aromatic heterocycles. The van der Waals surface area contributed by atoms with E-state index in [1.165, 1.54) is 57.8 Å². The van der Waals surface area contributed by atoms with Crippen LogP contribution in [0.4, 0.5) is 0 Å². The van der Waals surface area contributed by atoms with Gasteiger partial charge in [0.2, 0.25) is 0 Å². The predicted molar refractivity (Wildman–Crippen MR) is 131 cm³/mol. The van der Waals surface area contributed by atoms with Crippen LogP contribution in [0.25, 0.3) is 0 Å². The third-order valence-corrected chi connectivity index (χ3v) is 14.2. The van der Waals surface area contributed by atoms with Crippen molar-refractivity contribution in [2.24, 2.45) is 62.6 Å². The van der Waals surface area contributed by atoms with Gasteiger partial charge in [0.05, 0.1) is 6.10 Å². The summed E-state index contributed by atoms with van der Waals surface area (Å²) in [6.07, 6.45) is 13.7. The highest BCUT2D eigenvalue weighted by atomic mass is 16.3. The number of aliphatic hydroxyl groups excluding tert-OH is 1. The number of aliphatic hydroxyl groups is 1. The molecule has 1 N–H and O–H groups in total. The van der Waals surface area contributed by atoms with Gasteiger partial charge in [-0.2, -0.15) is 0 Å². The monoisotopic (exact) mass is 428 g/mol. The molecule has 0 bridgehead atoms. The molecule has 11 atom stereocenters. The summed E-state index contributed by atoms with van der Waals surface area (Å²) in [4.78, 5) is 0. The first-order valence-electron chi connectivity index (χ1n) is 14.0. The van der Waals surface area contributed by atoms with Gasteiger partial charge in [-0.15, -0.1) is 0 Å². The molecule has 0 amide bonds. The first kappa shape index (κ1) is 22.7. The van der Waals surface area contributed by atoms with Crippen LogP contribution < -0.4 is 0 Å². The number of hydrogen-bond donors (Lipinski definition) is 1. The molecule has 1 unspecified atom stereocenters. The van der Waals surface area contributed by atoms with Gasteiger partial charge in [-0.1, -0.05) is 55.4 Å². The minimum Gasteiger partial charge on any atom is -0.393 e. The summed E-state index contributed by atoms with van der Waals surface area (Å²) >= 11 is 0. The SMILES string of the molecule is CC(C)[C@H]1CC[C@@H]2[C@]1(C)CC[C@]1(C)[C@H]3CC[C@]4(C)C(C)[C@H](O)CC[C@H]4[C@]3(C)CC[C@@]21C. The summed E-state index contributed by atoms with van der Waals surface area (Å²) < 4.78 is 0. The minimum absolute atomic E-state index is 0.0762.